The number of hydrogen-bond donors (Lipinski definition) is 11. The van der Waals surface area contributed by atoms with Gasteiger partial charge in [-0.1, -0.05) is 96.8 Å². The van der Waals surface area contributed by atoms with Crippen molar-refractivity contribution < 1.29 is 98.6 Å². The number of ether oxygens (including phenoxy) is 7. The molecule has 0 aromatic heterocycles. The minimum Gasteiger partial charge on any atom is -0.463 e. The summed E-state index contributed by atoms with van der Waals surface area (Å²) in [4.78, 5) is 41.5. The largest absolute Gasteiger partial charge is 0.463 e. The summed E-state index contributed by atoms with van der Waals surface area (Å²) in [5.41, 5.74) is 0. The fourth-order valence-corrected chi connectivity index (χ4v) is 10.4. The molecule has 470 valence electrons. The highest BCUT2D eigenvalue weighted by molar-refractivity contribution is 5.78. The molecule has 3 fully saturated rings. The van der Waals surface area contributed by atoms with E-state index >= 15 is 0 Å². The Hall–Kier alpha value is -2.11. The fraction of sp³-hybridized carbons (Fsp3) is 0.947. The number of hydrogen-bond acceptors (Lipinski definition) is 22. The first-order valence-corrected chi connectivity index (χ1v) is 30.2. The summed E-state index contributed by atoms with van der Waals surface area (Å²) in [6, 6.07) is 0. The lowest BCUT2D eigenvalue weighted by atomic mass is 9.95. The second kappa shape index (κ2) is 41.0. The molecule has 11 N–H and O–H groups in total. The van der Waals surface area contributed by atoms with Crippen LogP contribution in [0, 0.1) is 0 Å². The molecule has 3 aliphatic rings. The molecule has 0 radical (unpaired) electrons. The van der Waals surface area contributed by atoms with Crippen molar-refractivity contribution in [3.63, 3.8) is 0 Å². The van der Waals surface area contributed by atoms with Gasteiger partial charge < -0.3 is 99.3 Å². The Bertz CT molecular complexity index is 1640. The number of rotatable bonds is 44. The second-order valence-electron chi connectivity index (χ2n) is 22.7. The number of unbranched alkanes of at least 4 members (excludes halogenated alkanes) is 15. The topological polar surface area (TPSA) is 337 Å². The fourth-order valence-electron chi connectivity index (χ4n) is 10.4. The van der Waals surface area contributed by atoms with Gasteiger partial charge in [0.2, 0.25) is 5.91 Å². The van der Waals surface area contributed by atoms with Gasteiger partial charge in [0.25, 0.3) is 0 Å². The first-order chi connectivity index (χ1) is 38.3. The van der Waals surface area contributed by atoms with Crippen LogP contribution in [0.25, 0.3) is 0 Å². The van der Waals surface area contributed by atoms with Crippen molar-refractivity contribution in [3.05, 3.63) is 0 Å². The smallest absolute Gasteiger partial charge is 0.302 e. The molecule has 3 aliphatic heterocycles. The van der Waals surface area contributed by atoms with E-state index in [0.717, 1.165) is 117 Å². The normalized spacial score (nSPS) is 29.9. The van der Waals surface area contributed by atoms with E-state index in [0.29, 0.717) is 38.5 Å². The van der Waals surface area contributed by atoms with Crippen LogP contribution in [0.3, 0.4) is 0 Å². The van der Waals surface area contributed by atoms with Crippen LogP contribution >= 0.6 is 0 Å². The maximum absolute atomic E-state index is 12.7. The number of aliphatic hydroxyl groups excluding tert-OH is 10. The number of nitrogens with one attached hydrogen (secondary N) is 1. The van der Waals surface area contributed by atoms with Crippen molar-refractivity contribution in [2.45, 2.75) is 279 Å². The molecular formula is C57H107N3O20. The summed E-state index contributed by atoms with van der Waals surface area (Å²) in [7, 11) is 6.35. The molecule has 0 spiro atoms. The molecular weight excluding hydrogens is 1050 g/mol. The zero-order chi connectivity index (χ0) is 59.0. The van der Waals surface area contributed by atoms with Gasteiger partial charge in [-0.15, -0.1) is 0 Å². The van der Waals surface area contributed by atoms with Gasteiger partial charge in [-0.2, -0.15) is 0 Å². The van der Waals surface area contributed by atoms with E-state index in [1.165, 1.54) is 32.1 Å². The Kier molecular flexibility index (Phi) is 37.0. The number of Topliss-reactive ketones (excluding diaryl/α,β-unsaturated/α-hetero) is 1. The number of aliphatic hydroxyl groups is 10. The minimum absolute atomic E-state index is 0.155. The molecule has 23 nitrogen and oxygen atoms in total. The van der Waals surface area contributed by atoms with Crippen LogP contribution in [0.1, 0.15) is 174 Å². The lowest BCUT2D eigenvalue weighted by molar-refractivity contribution is -0.396. The zero-order valence-electron chi connectivity index (χ0n) is 48.9. The molecule has 0 aliphatic carbocycles. The highest BCUT2D eigenvalue weighted by Gasteiger charge is 2.55. The van der Waals surface area contributed by atoms with E-state index in [1.807, 2.05) is 6.92 Å². The van der Waals surface area contributed by atoms with Gasteiger partial charge in [0.15, 0.2) is 18.9 Å². The molecule has 0 bridgehead atoms. The van der Waals surface area contributed by atoms with Crippen LogP contribution in [-0.2, 0) is 47.5 Å². The Morgan fingerprint density at radius 1 is 0.525 bits per heavy atom. The lowest BCUT2D eigenvalue weighted by Crippen LogP contribution is -2.67. The van der Waals surface area contributed by atoms with Crippen LogP contribution in [0.2, 0.25) is 0 Å². The van der Waals surface area contributed by atoms with Gasteiger partial charge in [0, 0.05) is 32.7 Å². The predicted octanol–water partition coefficient (Wildman–Crippen LogP) is 1.70. The Balaban J connectivity index is 1.45. The summed E-state index contributed by atoms with van der Waals surface area (Å²) in [5, 5.41) is 111. The third kappa shape index (κ3) is 26.9. The molecule has 3 saturated heterocycles. The molecule has 23 heteroatoms. The van der Waals surface area contributed by atoms with Gasteiger partial charge in [-0.25, -0.2) is 0 Å². The molecule has 3 heterocycles. The summed E-state index contributed by atoms with van der Waals surface area (Å²) in [5.74, 6) is -0.331. The maximum Gasteiger partial charge on any atom is 0.302 e. The molecule has 1 amide bonds. The Labute approximate surface area is 475 Å². The third-order valence-corrected chi connectivity index (χ3v) is 15.4. The standard InChI is InChI=1S/C57H107N3O20/c1-6-7-18-29-41(40(65)28-21-17-16-20-27-39(64)26-19-14-12-10-8-9-11-13-15-22-30-45(66)58-31-25-34-60(5)33-24-23-32-59(3)4)75-57-54(80-56-52(73)50(71)47(68)43(36-62)77-56)53(48(69)44(78-57)37-74-38(2)63)79-55-51(72)49(70)46(67)42(35-61)76-55/h40-44,46-57,61-62,65,67-73H,6-37H2,1-5H3,(H,58,66). The van der Waals surface area contributed by atoms with Crippen LogP contribution < -0.4 is 5.32 Å². The van der Waals surface area contributed by atoms with Crippen molar-refractivity contribution >= 4 is 17.7 Å². The Morgan fingerprint density at radius 3 is 1.52 bits per heavy atom. The van der Waals surface area contributed by atoms with Crippen molar-refractivity contribution in [3.8, 4) is 0 Å². The molecule has 17 atom stereocenters. The number of ketones is 1. The van der Waals surface area contributed by atoms with Gasteiger partial charge >= 0.3 is 5.97 Å². The first kappa shape index (κ1) is 72.2. The maximum atomic E-state index is 12.7. The van der Waals surface area contributed by atoms with Crippen molar-refractivity contribution in [2.75, 3.05) is 67.1 Å². The molecule has 0 aromatic rings. The summed E-state index contributed by atoms with van der Waals surface area (Å²) < 4.78 is 41.4. The van der Waals surface area contributed by atoms with Gasteiger partial charge in [0.05, 0.1) is 25.4 Å². The zero-order valence-corrected chi connectivity index (χ0v) is 48.9. The van der Waals surface area contributed by atoms with Crippen LogP contribution in [0.15, 0.2) is 0 Å². The first-order valence-electron chi connectivity index (χ1n) is 30.2. The van der Waals surface area contributed by atoms with Crippen molar-refractivity contribution in [1.82, 2.24) is 15.1 Å². The third-order valence-electron chi connectivity index (χ3n) is 15.4. The number of esters is 1. The predicted molar refractivity (Wildman–Crippen MR) is 295 cm³/mol. The highest BCUT2D eigenvalue weighted by atomic mass is 16.8. The van der Waals surface area contributed by atoms with E-state index in [4.69, 9.17) is 33.2 Å². The number of carbonyl (C=O) groups is 3. The number of nitrogens with zero attached hydrogens (tertiary/aromatic N) is 2. The minimum atomic E-state index is -1.96. The molecule has 0 aromatic carbocycles. The molecule has 0 saturated carbocycles. The van der Waals surface area contributed by atoms with E-state index < -0.39 is 130 Å². The lowest BCUT2D eigenvalue weighted by Gasteiger charge is -2.49. The van der Waals surface area contributed by atoms with E-state index in [2.05, 4.69) is 36.3 Å². The van der Waals surface area contributed by atoms with Gasteiger partial charge in [0.1, 0.15) is 85.6 Å². The molecule has 80 heavy (non-hydrogen) atoms. The quantitative estimate of drug-likeness (QED) is 0.0306. The van der Waals surface area contributed by atoms with E-state index in [9.17, 15) is 65.4 Å². The van der Waals surface area contributed by atoms with Crippen LogP contribution in [0.4, 0.5) is 0 Å². The average Bonchev–Trinajstić information content (AvgIpc) is 3.42. The van der Waals surface area contributed by atoms with Crippen LogP contribution in [-0.4, -0.2) is 250 Å². The summed E-state index contributed by atoms with van der Waals surface area (Å²) in [6.07, 6.45) is -6.75. The van der Waals surface area contributed by atoms with E-state index in [-0.39, 0.29) is 18.1 Å². The number of carbonyl (C=O) groups excluding carboxylic acids is 3. The van der Waals surface area contributed by atoms with Crippen molar-refractivity contribution in [1.29, 1.82) is 0 Å². The highest BCUT2D eigenvalue weighted by Crippen LogP contribution is 2.35. The summed E-state index contributed by atoms with van der Waals surface area (Å²) >= 11 is 0. The van der Waals surface area contributed by atoms with Gasteiger partial charge in [-0.3, -0.25) is 14.4 Å². The summed E-state index contributed by atoms with van der Waals surface area (Å²) in [6.45, 7) is 4.89. The SMILES string of the molecule is CCCCCC(OC1OC(COC(C)=O)C(O)C(OC2OC(CO)C(O)C(O)C2O)C1OC1OC(CO)C(O)C(O)C1O)C(O)CCCCCCC(=O)CCCCCCCCCCCCC(=O)NCCCN(C)CCCCN(C)C. The average molecular weight is 1150 g/mol. The van der Waals surface area contributed by atoms with E-state index in [1.54, 1.807) is 0 Å². The Morgan fingerprint density at radius 2 is 1.00 bits per heavy atom. The molecule has 3 rings (SSSR count). The monoisotopic (exact) mass is 1150 g/mol. The van der Waals surface area contributed by atoms with Gasteiger partial charge in [-0.05, 0) is 92.1 Å². The van der Waals surface area contributed by atoms with Crippen molar-refractivity contribution in [2.24, 2.45) is 0 Å². The number of amides is 1. The molecule has 17 unspecified atom stereocenters. The van der Waals surface area contributed by atoms with Crippen LogP contribution in [0.5, 0.6) is 0 Å². The second-order valence-corrected chi connectivity index (χ2v) is 22.7.